The molecule has 0 radical (unpaired) electrons. The van der Waals surface area contributed by atoms with Gasteiger partial charge in [-0.05, 0) is 43.4 Å². The molecule has 3 heterocycles. The number of piperidine rings is 1. The molecule has 5 rings (SSSR count). The highest BCUT2D eigenvalue weighted by Crippen LogP contribution is 2.50. The monoisotopic (exact) mass is 429 g/mol. The molecule has 2 unspecified atom stereocenters. The third-order valence-corrected chi connectivity index (χ3v) is 6.30. The number of hydrogen-bond donors (Lipinski definition) is 1. The molecule has 1 N–H and O–H groups in total. The van der Waals surface area contributed by atoms with Crippen molar-refractivity contribution in [2.24, 2.45) is 0 Å². The fraction of sp³-hybridized carbons (Fsp3) is 0.304. The first-order valence-electron chi connectivity index (χ1n) is 10.0. The first-order valence-corrected chi connectivity index (χ1v) is 10.0. The summed E-state index contributed by atoms with van der Waals surface area (Å²) in [4.78, 5) is 24.7. The van der Waals surface area contributed by atoms with Gasteiger partial charge in [-0.3, -0.25) is 4.79 Å². The van der Waals surface area contributed by atoms with Crippen molar-refractivity contribution in [3.05, 3.63) is 64.7 Å². The third kappa shape index (κ3) is 3.08. The molecule has 8 heteroatoms. The van der Waals surface area contributed by atoms with Crippen molar-refractivity contribution in [3.8, 4) is 11.5 Å². The Morgan fingerprint density at radius 2 is 1.61 bits per heavy atom. The Labute approximate surface area is 175 Å². The Balaban J connectivity index is 1.64. The molecule has 0 aliphatic carbocycles. The summed E-state index contributed by atoms with van der Waals surface area (Å²) in [5.74, 6) is -2.15. The smallest absolute Gasteiger partial charge is 0.471 e. The second kappa shape index (κ2) is 6.87. The molecule has 1 amide bonds. The molecule has 2 atom stereocenters. The lowest BCUT2D eigenvalue weighted by Gasteiger charge is -2.38. The van der Waals surface area contributed by atoms with E-state index in [-0.39, 0.29) is 11.3 Å². The number of carboxylic acid groups (broad SMARTS) is 1. The largest absolute Gasteiger partial charge is 0.478 e. The van der Waals surface area contributed by atoms with E-state index in [1.807, 2.05) is 12.1 Å². The predicted octanol–water partition coefficient (Wildman–Crippen LogP) is 5.01. The van der Waals surface area contributed by atoms with Crippen molar-refractivity contribution in [1.29, 1.82) is 0 Å². The first kappa shape index (κ1) is 19.7. The van der Waals surface area contributed by atoms with Gasteiger partial charge in [0.2, 0.25) is 0 Å². The van der Waals surface area contributed by atoms with E-state index in [2.05, 4.69) is 0 Å². The number of aromatic carboxylic acids is 1. The van der Waals surface area contributed by atoms with Crippen LogP contribution in [0.1, 0.15) is 47.2 Å². The van der Waals surface area contributed by atoms with Crippen molar-refractivity contribution in [1.82, 2.24) is 4.90 Å². The Morgan fingerprint density at radius 1 is 0.968 bits per heavy atom. The van der Waals surface area contributed by atoms with E-state index in [0.29, 0.717) is 37.0 Å². The first-order chi connectivity index (χ1) is 14.8. The highest BCUT2D eigenvalue weighted by Gasteiger charge is 2.51. The van der Waals surface area contributed by atoms with Crippen molar-refractivity contribution in [3.63, 3.8) is 0 Å². The fourth-order valence-corrected chi connectivity index (χ4v) is 5.11. The Bertz CT molecular complexity index is 1120. The van der Waals surface area contributed by atoms with Crippen LogP contribution in [-0.4, -0.2) is 40.1 Å². The van der Waals surface area contributed by atoms with E-state index >= 15 is 0 Å². The van der Waals surface area contributed by atoms with Gasteiger partial charge in [-0.1, -0.05) is 35.9 Å². The summed E-state index contributed by atoms with van der Waals surface area (Å²) in [7, 11) is 0. The van der Waals surface area contributed by atoms with Gasteiger partial charge in [0.15, 0.2) is 0 Å². The highest BCUT2D eigenvalue weighted by atomic mass is 19.4. The maximum absolute atomic E-state index is 13.1. The zero-order valence-corrected chi connectivity index (χ0v) is 16.3. The van der Waals surface area contributed by atoms with Gasteiger partial charge >= 0.3 is 18.1 Å². The number of carboxylic acids is 1. The number of para-hydroxylation sites is 2. The third-order valence-electron chi connectivity index (χ3n) is 6.30. The van der Waals surface area contributed by atoms with Gasteiger partial charge in [-0.2, -0.15) is 13.2 Å². The number of carbonyl (C=O) groups is 2. The molecule has 0 spiro atoms. The second-order valence-electron chi connectivity index (χ2n) is 8.07. The summed E-state index contributed by atoms with van der Waals surface area (Å²) < 4.78 is 45.2. The van der Waals surface area contributed by atoms with Crippen LogP contribution in [0.25, 0.3) is 5.57 Å². The summed E-state index contributed by atoms with van der Waals surface area (Å²) in [5.41, 5.74) is 3.15. The van der Waals surface area contributed by atoms with Crippen LogP contribution in [0.15, 0.2) is 48.0 Å². The molecule has 0 saturated carbocycles. The number of benzene rings is 2. The van der Waals surface area contributed by atoms with Crippen LogP contribution in [0, 0.1) is 0 Å². The maximum Gasteiger partial charge on any atom is 0.471 e. The predicted molar refractivity (Wildman–Crippen MR) is 105 cm³/mol. The number of amides is 1. The number of halogens is 3. The summed E-state index contributed by atoms with van der Waals surface area (Å²) in [6, 6.07) is 11.1. The van der Waals surface area contributed by atoms with E-state index in [4.69, 9.17) is 4.74 Å². The van der Waals surface area contributed by atoms with Crippen molar-refractivity contribution < 1.29 is 32.6 Å². The average molecular weight is 429 g/mol. The van der Waals surface area contributed by atoms with Gasteiger partial charge in [-0.25, -0.2) is 4.79 Å². The molecule has 2 fully saturated rings. The van der Waals surface area contributed by atoms with E-state index in [1.165, 1.54) is 6.07 Å². The molecular formula is C23H18F3NO4. The summed E-state index contributed by atoms with van der Waals surface area (Å²) in [5, 5.41) is 9.60. The van der Waals surface area contributed by atoms with E-state index in [9.17, 15) is 27.9 Å². The Hall–Kier alpha value is -3.29. The molecule has 2 saturated heterocycles. The molecule has 5 nitrogen and oxygen atoms in total. The number of hydrogen-bond acceptors (Lipinski definition) is 3. The van der Waals surface area contributed by atoms with Gasteiger partial charge in [0.1, 0.15) is 17.1 Å². The lowest BCUT2D eigenvalue weighted by Crippen LogP contribution is -2.50. The molecule has 2 bridgehead atoms. The molecule has 3 aliphatic heterocycles. The van der Waals surface area contributed by atoms with E-state index in [1.54, 1.807) is 24.3 Å². The van der Waals surface area contributed by atoms with Crippen LogP contribution < -0.4 is 4.74 Å². The van der Waals surface area contributed by atoms with Crippen molar-refractivity contribution >= 4 is 17.4 Å². The zero-order valence-electron chi connectivity index (χ0n) is 16.3. The number of nitrogens with zero attached hydrogens (tertiary/aromatic N) is 1. The fourth-order valence-electron chi connectivity index (χ4n) is 5.11. The van der Waals surface area contributed by atoms with Gasteiger partial charge < -0.3 is 14.7 Å². The molecule has 3 aliphatic rings. The number of ether oxygens (including phenoxy) is 1. The molecule has 0 aromatic heterocycles. The number of rotatable bonds is 1. The standard InChI is InChI=1S/C23H18F3NO4/c24-23(25,26)22(30)27-13-8-9-14(27)11-12(10-13)19-15-4-1-2-7-18(15)31-20-16(19)5-3-6-17(20)21(28)29/h1-7,13-14H,8-11H2,(H,28,29). The van der Waals surface area contributed by atoms with Gasteiger partial charge in [0.05, 0.1) is 0 Å². The van der Waals surface area contributed by atoms with E-state index < -0.39 is 30.1 Å². The summed E-state index contributed by atoms with van der Waals surface area (Å²) in [6.45, 7) is 0. The Kier molecular flexibility index (Phi) is 4.35. The van der Waals surface area contributed by atoms with E-state index in [0.717, 1.165) is 21.6 Å². The van der Waals surface area contributed by atoms with Gasteiger partial charge in [-0.15, -0.1) is 0 Å². The lowest BCUT2D eigenvalue weighted by molar-refractivity contribution is -0.189. The van der Waals surface area contributed by atoms with Crippen LogP contribution in [0.5, 0.6) is 11.5 Å². The zero-order chi connectivity index (χ0) is 21.9. The number of alkyl halides is 3. The second-order valence-corrected chi connectivity index (χ2v) is 8.07. The average Bonchev–Trinajstić information content (AvgIpc) is 2.99. The molecule has 31 heavy (non-hydrogen) atoms. The van der Waals surface area contributed by atoms with Crippen molar-refractivity contribution in [2.45, 2.75) is 43.9 Å². The number of carbonyl (C=O) groups excluding carboxylic acids is 1. The van der Waals surface area contributed by atoms with Crippen LogP contribution in [-0.2, 0) is 4.79 Å². The SMILES string of the molecule is O=C(O)c1cccc2c1Oc1ccccc1C2=C1CC2CCC(C1)N2C(=O)C(F)(F)F. The molecule has 2 aromatic carbocycles. The summed E-state index contributed by atoms with van der Waals surface area (Å²) in [6.07, 6.45) is -3.22. The lowest BCUT2D eigenvalue weighted by atomic mass is 9.83. The summed E-state index contributed by atoms with van der Waals surface area (Å²) >= 11 is 0. The van der Waals surface area contributed by atoms with Crippen molar-refractivity contribution in [2.75, 3.05) is 0 Å². The Morgan fingerprint density at radius 3 is 2.26 bits per heavy atom. The minimum Gasteiger partial charge on any atom is -0.478 e. The van der Waals surface area contributed by atoms with Gasteiger partial charge in [0.25, 0.3) is 0 Å². The molecule has 160 valence electrons. The highest BCUT2D eigenvalue weighted by molar-refractivity contribution is 5.98. The number of fused-ring (bicyclic) bond motifs is 4. The topological polar surface area (TPSA) is 66.8 Å². The maximum atomic E-state index is 13.1. The quantitative estimate of drug-likeness (QED) is 0.591. The minimum absolute atomic E-state index is 0.0257. The molecule has 2 aromatic rings. The van der Waals surface area contributed by atoms with Crippen LogP contribution >= 0.6 is 0 Å². The minimum atomic E-state index is -4.89. The van der Waals surface area contributed by atoms with Crippen LogP contribution in [0.4, 0.5) is 13.2 Å². The van der Waals surface area contributed by atoms with Crippen LogP contribution in [0.3, 0.4) is 0 Å². The normalized spacial score (nSPS) is 22.0. The van der Waals surface area contributed by atoms with Gasteiger partial charge in [0, 0.05) is 23.2 Å². The van der Waals surface area contributed by atoms with Crippen LogP contribution in [0.2, 0.25) is 0 Å². The molecular weight excluding hydrogens is 411 g/mol.